The predicted octanol–water partition coefficient (Wildman–Crippen LogP) is 3.71. The molecule has 26 heavy (non-hydrogen) atoms. The Hall–Kier alpha value is -1.87. The van der Waals surface area contributed by atoms with Gasteiger partial charge < -0.3 is 4.74 Å². The third kappa shape index (κ3) is 5.31. The highest BCUT2D eigenvalue weighted by Gasteiger charge is 2.15. The summed E-state index contributed by atoms with van der Waals surface area (Å²) in [4.78, 5) is 24.4. The average molecular weight is 477 g/mol. The molecule has 2 aromatic rings. The lowest BCUT2D eigenvalue weighted by molar-refractivity contribution is 0.0934. The van der Waals surface area contributed by atoms with Gasteiger partial charge in [-0.2, -0.15) is 0 Å². The molecular formula is C16H12BrCl2N3O3S. The van der Waals surface area contributed by atoms with Gasteiger partial charge in [0.1, 0.15) is 5.75 Å². The second-order valence-corrected chi connectivity index (χ2v) is 7.00. The van der Waals surface area contributed by atoms with Gasteiger partial charge in [0.25, 0.3) is 11.8 Å². The van der Waals surface area contributed by atoms with Crippen molar-refractivity contribution in [2.75, 3.05) is 7.11 Å². The van der Waals surface area contributed by atoms with E-state index in [4.69, 9.17) is 40.2 Å². The third-order valence-electron chi connectivity index (χ3n) is 3.10. The number of carbonyl (C=O) groups is 2. The topological polar surface area (TPSA) is 79.5 Å². The quantitative estimate of drug-likeness (QED) is 0.464. The Morgan fingerprint density at radius 1 is 1.04 bits per heavy atom. The molecule has 0 atom stereocenters. The number of rotatable bonds is 3. The molecule has 0 spiro atoms. The third-order valence-corrected chi connectivity index (χ3v) is 4.34. The molecule has 0 fully saturated rings. The van der Waals surface area contributed by atoms with Gasteiger partial charge in [-0.25, -0.2) is 0 Å². The molecule has 0 aliphatic heterocycles. The molecule has 3 N–H and O–H groups in total. The first-order chi connectivity index (χ1) is 12.3. The summed E-state index contributed by atoms with van der Waals surface area (Å²) in [7, 11) is 1.45. The van der Waals surface area contributed by atoms with Crippen molar-refractivity contribution in [2.45, 2.75) is 0 Å². The number of carbonyl (C=O) groups excluding carboxylic acids is 2. The maximum Gasteiger partial charge on any atom is 0.271 e. The van der Waals surface area contributed by atoms with Crippen LogP contribution in [0.4, 0.5) is 0 Å². The van der Waals surface area contributed by atoms with Gasteiger partial charge in [0.15, 0.2) is 5.11 Å². The van der Waals surface area contributed by atoms with Gasteiger partial charge in [-0.3, -0.25) is 25.8 Å². The van der Waals surface area contributed by atoms with Crippen LogP contribution < -0.4 is 20.9 Å². The van der Waals surface area contributed by atoms with E-state index in [1.165, 1.54) is 25.3 Å². The molecule has 10 heteroatoms. The first kappa shape index (κ1) is 20.4. The molecule has 0 saturated heterocycles. The Kier molecular flexibility index (Phi) is 7.22. The number of hydrogen-bond donors (Lipinski definition) is 3. The Morgan fingerprint density at radius 3 is 2.42 bits per heavy atom. The minimum atomic E-state index is -0.539. The standard InChI is InChI=1S/C16H12BrCl2N3O3S/c1-25-13-5-2-8(17)6-11(13)14(23)20-16(26)22-21-15(24)10-4-3-9(18)7-12(10)19/h2-7H,1H3,(H,21,24)(H2,20,22,23,26). The molecule has 2 amide bonds. The van der Waals surface area contributed by atoms with E-state index in [-0.39, 0.29) is 21.3 Å². The van der Waals surface area contributed by atoms with Crippen LogP contribution in [0.15, 0.2) is 40.9 Å². The monoisotopic (exact) mass is 475 g/mol. The number of amides is 2. The summed E-state index contributed by atoms with van der Waals surface area (Å²) < 4.78 is 5.84. The summed E-state index contributed by atoms with van der Waals surface area (Å²) >= 11 is 20.0. The fraction of sp³-hybridized carbons (Fsp3) is 0.0625. The van der Waals surface area contributed by atoms with Crippen LogP contribution in [0.1, 0.15) is 20.7 Å². The fourth-order valence-electron chi connectivity index (χ4n) is 1.91. The number of hydrogen-bond acceptors (Lipinski definition) is 4. The van der Waals surface area contributed by atoms with Crippen LogP contribution in [0.5, 0.6) is 5.75 Å². The van der Waals surface area contributed by atoms with Crippen molar-refractivity contribution < 1.29 is 14.3 Å². The zero-order valence-electron chi connectivity index (χ0n) is 13.2. The number of ether oxygens (including phenoxy) is 1. The summed E-state index contributed by atoms with van der Waals surface area (Å²) in [5, 5.41) is 2.93. The first-order valence-electron chi connectivity index (χ1n) is 7.02. The Balaban J connectivity index is 1.97. The maximum atomic E-state index is 12.3. The molecule has 0 aromatic heterocycles. The van der Waals surface area contributed by atoms with Gasteiger partial charge in [0.2, 0.25) is 0 Å². The highest BCUT2D eigenvalue weighted by Crippen LogP contribution is 2.23. The van der Waals surface area contributed by atoms with E-state index < -0.39 is 11.8 Å². The molecule has 0 unspecified atom stereocenters. The molecule has 0 heterocycles. The Morgan fingerprint density at radius 2 is 1.77 bits per heavy atom. The van der Waals surface area contributed by atoms with Crippen LogP contribution in [0.2, 0.25) is 10.0 Å². The normalized spacial score (nSPS) is 10.0. The molecular weight excluding hydrogens is 465 g/mol. The number of methoxy groups -OCH3 is 1. The molecule has 6 nitrogen and oxygen atoms in total. The highest BCUT2D eigenvalue weighted by molar-refractivity contribution is 9.10. The zero-order chi connectivity index (χ0) is 19.3. The summed E-state index contributed by atoms with van der Waals surface area (Å²) in [6.07, 6.45) is 0. The lowest BCUT2D eigenvalue weighted by Gasteiger charge is -2.13. The SMILES string of the molecule is COc1ccc(Br)cc1C(=O)NC(=S)NNC(=O)c1ccc(Cl)cc1Cl. The maximum absolute atomic E-state index is 12.3. The Bertz CT molecular complexity index is 880. The van der Waals surface area contributed by atoms with E-state index in [2.05, 4.69) is 32.1 Å². The van der Waals surface area contributed by atoms with E-state index in [1.54, 1.807) is 18.2 Å². The summed E-state index contributed by atoms with van der Waals surface area (Å²) in [6, 6.07) is 9.40. The molecule has 0 saturated carbocycles. The molecule has 0 aliphatic carbocycles. The van der Waals surface area contributed by atoms with Crippen LogP contribution in [0.25, 0.3) is 0 Å². The number of halogens is 3. The average Bonchev–Trinajstić information content (AvgIpc) is 2.59. The van der Waals surface area contributed by atoms with Crippen LogP contribution in [-0.4, -0.2) is 24.0 Å². The number of thiocarbonyl (C=S) groups is 1. The lowest BCUT2D eigenvalue weighted by atomic mass is 10.2. The van der Waals surface area contributed by atoms with Gasteiger partial charge >= 0.3 is 0 Å². The van der Waals surface area contributed by atoms with Crippen molar-refractivity contribution in [3.63, 3.8) is 0 Å². The smallest absolute Gasteiger partial charge is 0.271 e. The van der Waals surface area contributed by atoms with E-state index in [0.717, 1.165) is 0 Å². The van der Waals surface area contributed by atoms with Crippen molar-refractivity contribution in [3.8, 4) is 5.75 Å². The molecule has 0 bridgehead atoms. The van der Waals surface area contributed by atoms with E-state index >= 15 is 0 Å². The largest absolute Gasteiger partial charge is 0.496 e. The number of nitrogens with one attached hydrogen (secondary N) is 3. The summed E-state index contributed by atoms with van der Waals surface area (Å²) in [6.45, 7) is 0. The Labute approximate surface area is 173 Å². The van der Waals surface area contributed by atoms with Crippen LogP contribution in [-0.2, 0) is 0 Å². The number of hydrazine groups is 1. The van der Waals surface area contributed by atoms with Crippen molar-refractivity contribution in [2.24, 2.45) is 0 Å². The van der Waals surface area contributed by atoms with E-state index in [1.807, 2.05) is 0 Å². The van der Waals surface area contributed by atoms with Gasteiger partial charge in [-0.15, -0.1) is 0 Å². The van der Waals surface area contributed by atoms with Gasteiger partial charge in [-0.1, -0.05) is 39.1 Å². The van der Waals surface area contributed by atoms with Crippen molar-refractivity contribution in [1.29, 1.82) is 0 Å². The van der Waals surface area contributed by atoms with Crippen molar-refractivity contribution in [1.82, 2.24) is 16.2 Å². The van der Waals surface area contributed by atoms with Crippen molar-refractivity contribution >= 4 is 68.3 Å². The lowest BCUT2D eigenvalue weighted by Crippen LogP contribution is -2.48. The van der Waals surface area contributed by atoms with Gasteiger partial charge in [-0.05, 0) is 48.6 Å². The predicted molar refractivity (Wildman–Crippen MR) is 108 cm³/mol. The first-order valence-corrected chi connectivity index (χ1v) is 8.97. The number of benzene rings is 2. The van der Waals surface area contributed by atoms with Crippen molar-refractivity contribution in [3.05, 3.63) is 62.0 Å². The molecule has 0 radical (unpaired) electrons. The van der Waals surface area contributed by atoms with Crippen LogP contribution in [0.3, 0.4) is 0 Å². The molecule has 2 aromatic carbocycles. The summed E-state index contributed by atoms with van der Waals surface area (Å²) in [5.74, 6) is -0.659. The minimum Gasteiger partial charge on any atom is -0.496 e. The van der Waals surface area contributed by atoms with E-state index in [0.29, 0.717) is 15.2 Å². The van der Waals surface area contributed by atoms with Crippen LogP contribution >= 0.6 is 51.3 Å². The highest BCUT2D eigenvalue weighted by atomic mass is 79.9. The molecule has 136 valence electrons. The van der Waals surface area contributed by atoms with Gasteiger partial charge in [0, 0.05) is 9.50 Å². The molecule has 2 rings (SSSR count). The van der Waals surface area contributed by atoms with Gasteiger partial charge in [0.05, 0.1) is 23.3 Å². The second kappa shape index (κ2) is 9.18. The summed E-state index contributed by atoms with van der Waals surface area (Å²) in [5.41, 5.74) is 5.25. The van der Waals surface area contributed by atoms with E-state index in [9.17, 15) is 9.59 Å². The van der Waals surface area contributed by atoms with Crippen LogP contribution in [0, 0.1) is 0 Å². The molecule has 0 aliphatic rings. The minimum absolute atomic E-state index is 0.101. The second-order valence-electron chi connectivity index (χ2n) is 4.83. The fourth-order valence-corrected chi connectivity index (χ4v) is 2.91. The zero-order valence-corrected chi connectivity index (χ0v) is 17.1.